The summed E-state index contributed by atoms with van der Waals surface area (Å²) in [7, 11) is -1.14. The summed E-state index contributed by atoms with van der Waals surface area (Å²) in [6, 6.07) is 9.35. The van der Waals surface area contributed by atoms with E-state index in [0.717, 1.165) is 5.56 Å². The van der Waals surface area contributed by atoms with E-state index >= 15 is 0 Å². The molecule has 1 unspecified atom stereocenters. The molecule has 96 valence electrons. The van der Waals surface area contributed by atoms with Crippen LogP contribution in [0.2, 0.25) is 0 Å². The first-order chi connectivity index (χ1) is 7.88. The predicted octanol–water partition coefficient (Wildman–Crippen LogP) is 0.696. The van der Waals surface area contributed by atoms with Gasteiger partial charge < -0.3 is 10.0 Å². The zero-order valence-electron chi connectivity index (χ0n) is 10.2. The number of rotatable bonds is 6. The molecule has 0 heterocycles. The van der Waals surface area contributed by atoms with Gasteiger partial charge in [0.25, 0.3) is 0 Å². The van der Waals surface area contributed by atoms with E-state index in [9.17, 15) is 13.5 Å². The zero-order chi connectivity index (χ0) is 12.9. The minimum Gasteiger partial charge on any atom is -0.387 e. The fourth-order valence-corrected chi connectivity index (χ4v) is 2.13. The molecule has 0 amide bonds. The van der Waals surface area contributed by atoms with E-state index in [1.807, 2.05) is 35.2 Å². The van der Waals surface area contributed by atoms with Crippen LogP contribution >= 0.6 is 0 Å². The highest BCUT2D eigenvalue weighted by Gasteiger charge is 2.11. The molecule has 17 heavy (non-hydrogen) atoms. The number of nitrogens with zero attached hydrogens (tertiary/aromatic N) is 1. The maximum absolute atomic E-state index is 11.0. The molecule has 1 aromatic rings. The van der Waals surface area contributed by atoms with Crippen LogP contribution in [0.1, 0.15) is 11.7 Å². The van der Waals surface area contributed by atoms with Gasteiger partial charge in [-0.2, -0.15) is 0 Å². The van der Waals surface area contributed by atoms with Crippen molar-refractivity contribution in [3.05, 3.63) is 35.9 Å². The maximum Gasteiger partial charge on any atom is 0.148 e. The highest BCUT2D eigenvalue weighted by molar-refractivity contribution is 7.90. The first kappa shape index (κ1) is 14.2. The molecular formula is C12H19NO3S. The molecule has 1 aromatic carbocycles. The molecule has 0 radical (unpaired) electrons. The van der Waals surface area contributed by atoms with Gasteiger partial charge in [0.05, 0.1) is 11.9 Å². The molecular weight excluding hydrogens is 238 g/mol. The second kappa shape index (κ2) is 6.14. The molecule has 0 aliphatic rings. The fourth-order valence-electron chi connectivity index (χ4n) is 1.49. The van der Waals surface area contributed by atoms with E-state index in [0.29, 0.717) is 13.1 Å². The van der Waals surface area contributed by atoms with E-state index in [4.69, 9.17) is 0 Å². The Morgan fingerprint density at radius 1 is 1.29 bits per heavy atom. The topological polar surface area (TPSA) is 57.6 Å². The SMILES string of the molecule is CN(CCS(C)(=O)=O)CC(O)c1ccccc1. The summed E-state index contributed by atoms with van der Waals surface area (Å²) in [4.78, 5) is 1.82. The van der Waals surface area contributed by atoms with Crippen LogP contribution in [0.5, 0.6) is 0 Å². The number of aliphatic hydroxyl groups excluding tert-OH is 1. The van der Waals surface area contributed by atoms with Crippen molar-refractivity contribution < 1.29 is 13.5 Å². The van der Waals surface area contributed by atoms with Crippen LogP contribution in [-0.4, -0.2) is 50.6 Å². The average molecular weight is 257 g/mol. The van der Waals surface area contributed by atoms with Crippen LogP contribution in [0.15, 0.2) is 30.3 Å². The molecule has 0 spiro atoms. The molecule has 0 bridgehead atoms. The average Bonchev–Trinajstić information content (AvgIpc) is 2.27. The standard InChI is InChI=1S/C12H19NO3S/c1-13(8-9-17(2,15)16)10-12(14)11-6-4-3-5-7-11/h3-7,12,14H,8-10H2,1-2H3. The molecule has 0 aliphatic heterocycles. The van der Waals surface area contributed by atoms with Gasteiger partial charge in [-0.15, -0.1) is 0 Å². The van der Waals surface area contributed by atoms with E-state index in [1.54, 1.807) is 7.05 Å². The zero-order valence-corrected chi connectivity index (χ0v) is 11.0. The van der Waals surface area contributed by atoms with Crippen molar-refractivity contribution >= 4 is 9.84 Å². The molecule has 0 saturated carbocycles. The Hall–Kier alpha value is -0.910. The molecule has 0 saturated heterocycles. The monoisotopic (exact) mass is 257 g/mol. The smallest absolute Gasteiger partial charge is 0.148 e. The third kappa shape index (κ3) is 5.81. The number of hydrogen-bond donors (Lipinski definition) is 1. The largest absolute Gasteiger partial charge is 0.387 e. The van der Waals surface area contributed by atoms with E-state index in [-0.39, 0.29) is 5.75 Å². The molecule has 1 rings (SSSR count). The lowest BCUT2D eigenvalue weighted by Crippen LogP contribution is -2.29. The molecule has 1 atom stereocenters. The predicted molar refractivity (Wildman–Crippen MR) is 68.6 cm³/mol. The quantitative estimate of drug-likeness (QED) is 0.815. The minimum atomic E-state index is -2.94. The second-order valence-electron chi connectivity index (χ2n) is 4.32. The molecule has 1 N–H and O–H groups in total. The van der Waals surface area contributed by atoms with E-state index in [2.05, 4.69) is 0 Å². The maximum atomic E-state index is 11.0. The first-order valence-corrected chi connectivity index (χ1v) is 7.54. The molecule has 5 heteroatoms. The summed E-state index contributed by atoms with van der Waals surface area (Å²) in [6.45, 7) is 0.863. The van der Waals surface area contributed by atoms with Crippen LogP contribution in [0.4, 0.5) is 0 Å². The van der Waals surface area contributed by atoms with E-state index < -0.39 is 15.9 Å². The van der Waals surface area contributed by atoms with Crippen molar-refractivity contribution in [3.63, 3.8) is 0 Å². The molecule has 4 nitrogen and oxygen atoms in total. The lowest BCUT2D eigenvalue weighted by molar-refractivity contribution is 0.130. The van der Waals surface area contributed by atoms with Crippen molar-refractivity contribution in [2.75, 3.05) is 32.1 Å². The van der Waals surface area contributed by atoms with Crippen molar-refractivity contribution in [1.82, 2.24) is 4.90 Å². The van der Waals surface area contributed by atoms with Gasteiger partial charge in [-0.3, -0.25) is 0 Å². The Morgan fingerprint density at radius 3 is 2.41 bits per heavy atom. The summed E-state index contributed by atoms with van der Waals surface area (Å²) in [5.74, 6) is 0.116. The Labute approximate surface area is 103 Å². The van der Waals surface area contributed by atoms with Gasteiger partial charge in [0.2, 0.25) is 0 Å². The number of aliphatic hydroxyl groups is 1. The Balaban J connectivity index is 2.44. The van der Waals surface area contributed by atoms with Crippen LogP contribution in [-0.2, 0) is 9.84 Å². The van der Waals surface area contributed by atoms with Crippen LogP contribution in [0.3, 0.4) is 0 Å². The van der Waals surface area contributed by atoms with Crippen molar-refractivity contribution in [1.29, 1.82) is 0 Å². The van der Waals surface area contributed by atoms with Gasteiger partial charge >= 0.3 is 0 Å². The Bertz CT molecular complexity index is 430. The number of benzene rings is 1. The van der Waals surface area contributed by atoms with Gasteiger partial charge in [0, 0.05) is 19.3 Å². The Kier molecular flexibility index (Phi) is 5.11. The highest BCUT2D eigenvalue weighted by atomic mass is 32.2. The van der Waals surface area contributed by atoms with Crippen molar-refractivity contribution in [3.8, 4) is 0 Å². The third-order valence-electron chi connectivity index (χ3n) is 2.51. The number of likely N-dealkylation sites (N-methyl/N-ethyl adjacent to an activating group) is 1. The lowest BCUT2D eigenvalue weighted by atomic mass is 10.1. The first-order valence-electron chi connectivity index (χ1n) is 5.48. The highest BCUT2D eigenvalue weighted by Crippen LogP contribution is 2.12. The van der Waals surface area contributed by atoms with Gasteiger partial charge in [-0.25, -0.2) is 8.42 Å². The van der Waals surface area contributed by atoms with Crippen LogP contribution in [0.25, 0.3) is 0 Å². The number of sulfone groups is 1. The van der Waals surface area contributed by atoms with Gasteiger partial charge in [-0.05, 0) is 12.6 Å². The molecule has 0 fully saturated rings. The summed E-state index contributed by atoms with van der Waals surface area (Å²) < 4.78 is 22.0. The molecule has 0 aromatic heterocycles. The summed E-state index contributed by atoms with van der Waals surface area (Å²) in [6.07, 6.45) is 0.634. The van der Waals surface area contributed by atoms with Crippen molar-refractivity contribution in [2.24, 2.45) is 0 Å². The summed E-state index contributed by atoms with van der Waals surface area (Å²) in [5, 5.41) is 9.93. The summed E-state index contributed by atoms with van der Waals surface area (Å²) in [5.41, 5.74) is 0.846. The lowest BCUT2D eigenvalue weighted by Gasteiger charge is -2.20. The van der Waals surface area contributed by atoms with Crippen LogP contribution < -0.4 is 0 Å². The van der Waals surface area contributed by atoms with Gasteiger partial charge in [0.15, 0.2) is 0 Å². The summed E-state index contributed by atoms with van der Waals surface area (Å²) >= 11 is 0. The fraction of sp³-hybridized carbons (Fsp3) is 0.500. The Morgan fingerprint density at radius 2 is 1.88 bits per heavy atom. The van der Waals surface area contributed by atoms with Gasteiger partial charge in [-0.1, -0.05) is 30.3 Å². The normalized spacial score (nSPS) is 13.9. The van der Waals surface area contributed by atoms with E-state index in [1.165, 1.54) is 6.26 Å². The van der Waals surface area contributed by atoms with Crippen LogP contribution in [0, 0.1) is 0 Å². The number of hydrogen-bond acceptors (Lipinski definition) is 4. The minimum absolute atomic E-state index is 0.116. The van der Waals surface area contributed by atoms with Gasteiger partial charge in [0.1, 0.15) is 9.84 Å². The second-order valence-corrected chi connectivity index (χ2v) is 6.58. The third-order valence-corrected chi connectivity index (χ3v) is 3.44. The van der Waals surface area contributed by atoms with Crippen molar-refractivity contribution in [2.45, 2.75) is 6.10 Å². The molecule has 0 aliphatic carbocycles.